The van der Waals surface area contributed by atoms with E-state index in [0.717, 1.165) is 39.0 Å². The van der Waals surface area contributed by atoms with Gasteiger partial charge in [-0.3, -0.25) is 9.36 Å². The Bertz CT molecular complexity index is 1370. The van der Waals surface area contributed by atoms with Crippen molar-refractivity contribution in [2.75, 3.05) is 0 Å². The van der Waals surface area contributed by atoms with Crippen molar-refractivity contribution in [2.45, 2.75) is 46.6 Å². The molecule has 0 atom stereocenters. The summed E-state index contributed by atoms with van der Waals surface area (Å²) >= 11 is 4.92. The molecular formula is C24H24BrN5O2S. The van der Waals surface area contributed by atoms with Crippen LogP contribution < -0.4 is 10.3 Å². The van der Waals surface area contributed by atoms with E-state index in [-0.39, 0.29) is 27.9 Å². The van der Waals surface area contributed by atoms with Crippen LogP contribution in [0.1, 0.15) is 42.9 Å². The largest absolute Gasteiger partial charge is 0.470 e. The molecule has 1 aromatic carbocycles. The molecule has 0 spiro atoms. The molecule has 0 radical (unpaired) electrons. The van der Waals surface area contributed by atoms with Crippen LogP contribution in [0.3, 0.4) is 0 Å². The third-order valence-electron chi connectivity index (χ3n) is 5.00. The fourth-order valence-corrected chi connectivity index (χ4v) is 4.22. The van der Waals surface area contributed by atoms with Gasteiger partial charge >= 0.3 is 0 Å². The van der Waals surface area contributed by atoms with Crippen molar-refractivity contribution in [1.29, 1.82) is 0 Å². The zero-order chi connectivity index (χ0) is 23.8. The lowest BCUT2D eigenvalue weighted by molar-refractivity contribution is 0.286. The number of ether oxygens (including phenoxy) is 1. The first-order valence-electron chi connectivity index (χ1n) is 10.4. The van der Waals surface area contributed by atoms with Gasteiger partial charge in [0.25, 0.3) is 5.56 Å². The summed E-state index contributed by atoms with van der Waals surface area (Å²) in [5.41, 5.74) is 3.74. The summed E-state index contributed by atoms with van der Waals surface area (Å²) in [7, 11) is 0. The van der Waals surface area contributed by atoms with Crippen molar-refractivity contribution in [2.24, 2.45) is 0 Å². The lowest BCUT2D eigenvalue weighted by Crippen LogP contribution is -2.21. The van der Waals surface area contributed by atoms with E-state index in [1.54, 1.807) is 17.5 Å². The fourth-order valence-electron chi connectivity index (χ4n) is 3.21. The summed E-state index contributed by atoms with van der Waals surface area (Å²) in [5.74, 6) is 1.00. The second-order valence-corrected chi connectivity index (χ2v) is 10.6. The van der Waals surface area contributed by atoms with Crippen molar-refractivity contribution >= 4 is 27.3 Å². The van der Waals surface area contributed by atoms with Gasteiger partial charge in [-0.1, -0.05) is 32.9 Å². The minimum absolute atomic E-state index is 0.164. The average molecular weight is 526 g/mol. The number of thiazole rings is 1. The van der Waals surface area contributed by atoms with E-state index in [9.17, 15) is 4.79 Å². The molecule has 4 aromatic rings. The normalized spacial score (nSPS) is 11.6. The molecule has 0 saturated heterocycles. The van der Waals surface area contributed by atoms with Gasteiger partial charge in [-0.2, -0.15) is 0 Å². The van der Waals surface area contributed by atoms with E-state index in [1.807, 2.05) is 43.5 Å². The standard InChI is InChI=1S/C24H24BrN5O2S/c1-14-6-7-16(18-8-9-26-23(29-18)24(3,4)5)10-19(14)30-13-27-21(20(25)22(30)31)32-11-17-12-33-15(2)28-17/h6-10,12-13H,11H2,1-5H3. The van der Waals surface area contributed by atoms with Gasteiger partial charge in [0.05, 0.1) is 22.1 Å². The van der Waals surface area contributed by atoms with Crippen LogP contribution >= 0.6 is 27.3 Å². The van der Waals surface area contributed by atoms with E-state index in [0.29, 0.717) is 0 Å². The number of hydrogen-bond acceptors (Lipinski definition) is 7. The maximum absolute atomic E-state index is 13.1. The number of aromatic nitrogens is 5. The molecule has 0 bridgehead atoms. The van der Waals surface area contributed by atoms with Gasteiger partial charge in [0.1, 0.15) is 23.2 Å². The van der Waals surface area contributed by atoms with Gasteiger partial charge in [-0.05, 0) is 47.5 Å². The second kappa shape index (κ2) is 9.15. The quantitative estimate of drug-likeness (QED) is 0.346. The number of benzene rings is 1. The summed E-state index contributed by atoms with van der Waals surface area (Å²) in [4.78, 5) is 31.0. The highest BCUT2D eigenvalue weighted by atomic mass is 79.9. The lowest BCUT2D eigenvalue weighted by Gasteiger charge is -2.17. The topological polar surface area (TPSA) is 82.8 Å². The van der Waals surface area contributed by atoms with Gasteiger partial charge in [0.15, 0.2) is 0 Å². The molecule has 4 rings (SSSR count). The van der Waals surface area contributed by atoms with Crippen molar-refractivity contribution in [1.82, 2.24) is 24.5 Å². The molecule has 3 heterocycles. The summed E-state index contributed by atoms with van der Waals surface area (Å²) in [6.07, 6.45) is 3.25. The Morgan fingerprint density at radius 1 is 1.12 bits per heavy atom. The number of hydrogen-bond donors (Lipinski definition) is 0. The lowest BCUT2D eigenvalue weighted by atomic mass is 9.95. The highest BCUT2D eigenvalue weighted by Crippen LogP contribution is 2.26. The van der Waals surface area contributed by atoms with Crippen molar-refractivity contribution < 1.29 is 4.74 Å². The fraction of sp³-hybridized carbons (Fsp3) is 0.292. The Balaban J connectivity index is 1.68. The maximum atomic E-state index is 13.1. The number of aryl methyl sites for hydroxylation is 2. The summed E-state index contributed by atoms with van der Waals surface area (Å²) < 4.78 is 7.50. The van der Waals surface area contributed by atoms with Crippen molar-refractivity contribution in [3.8, 4) is 22.8 Å². The van der Waals surface area contributed by atoms with Crippen LogP contribution in [0.15, 0.2) is 51.4 Å². The molecule has 0 unspecified atom stereocenters. The molecule has 170 valence electrons. The summed E-state index contributed by atoms with van der Waals surface area (Å²) in [5, 5.41) is 2.89. The molecule has 0 aliphatic rings. The molecule has 0 N–H and O–H groups in total. The van der Waals surface area contributed by atoms with Crippen LogP contribution in [0.25, 0.3) is 16.9 Å². The third kappa shape index (κ3) is 5.04. The predicted octanol–water partition coefficient (Wildman–Crippen LogP) is 5.40. The van der Waals surface area contributed by atoms with Gasteiger partial charge in [-0.25, -0.2) is 19.9 Å². The highest BCUT2D eigenvalue weighted by molar-refractivity contribution is 9.10. The molecule has 7 nitrogen and oxygen atoms in total. The SMILES string of the molecule is Cc1nc(COc2ncn(-c3cc(-c4ccnc(C(C)(C)C)n4)ccc3C)c(=O)c2Br)cs1. The zero-order valence-electron chi connectivity index (χ0n) is 19.1. The summed E-state index contributed by atoms with van der Waals surface area (Å²) in [6, 6.07) is 7.78. The average Bonchev–Trinajstić information content (AvgIpc) is 3.20. The first-order chi connectivity index (χ1) is 15.6. The molecular weight excluding hydrogens is 502 g/mol. The molecule has 3 aromatic heterocycles. The van der Waals surface area contributed by atoms with E-state index in [4.69, 9.17) is 9.72 Å². The smallest absolute Gasteiger partial charge is 0.276 e. The van der Waals surface area contributed by atoms with Crippen molar-refractivity contribution in [3.05, 3.63) is 79.1 Å². The summed E-state index contributed by atoms with van der Waals surface area (Å²) in [6.45, 7) is 10.4. The first-order valence-corrected chi connectivity index (χ1v) is 12.1. The maximum Gasteiger partial charge on any atom is 0.276 e. The van der Waals surface area contributed by atoms with Crippen LogP contribution in [0.5, 0.6) is 5.88 Å². The Labute approximate surface area is 204 Å². The van der Waals surface area contributed by atoms with Gasteiger partial charge in [0.2, 0.25) is 5.88 Å². The Morgan fingerprint density at radius 3 is 2.61 bits per heavy atom. The molecule has 0 amide bonds. The molecule has 33 heavy (non-hydrogen) atoms. The Kier molecular flexibility index (Phi) is 6.45. The van der Waals surface area contributed by atoms with Crippen LogP contribution in [-0.2, 0) is 12.0 Å². The highest BCUT2D eigenvalue weighted by Gasteiger charge is 2.19. The molecule has 0 saturated carbocycles. The Hall–Kier alpha value is -2.91. The van der Waals surface area contributed by atoms with E-state index >= 15 is 0 Å². The minimum Gasteiger partial charge on any atom is -0.470 e. The molecule has 0 aliphatic heterocycles. The van der Waals surface area contributed by atoms with Gasteiger partial charge in [0, 0.05) is 22.6 Å². The van der Waals surface area contributed by atoms with Gasteiger partial charge in [-0.15, -0.1) is 11.3 Å². The van der Waals surface area contributed by atoms with Crippen LogP contribution in [0.4, 0.5) is 0 Å². The first kappa shape index (κ1) is 23.3. The van der Waals surface area contributed by atoms with E-state index in [2.05, 4.69) is 51.7 Å². The minimum atomic E-state index is -0.257. The Morgan fingerprint density at radius 2 is 1.91 bits per heavy atom. The van der Waals surface area contributed by atoms with Crippen molar-refractivity contribution in [3.63, 3.8) is 0 Å². The van der Waals surface area contributed by atoms with E-state index in [1.165, 1.54) is 10.9 Å². The predicted molar refractivity (Wildman–Crippen MR) is 133 cm³/mol. The molecule has 0 aliphatic carbocycles. The number of rotatable bonds is 5. The second-order valence-electron chi connectivity index (χ2n) is 8.70. The monoisotopic (exact) mass is 525 g/mol. The zero-order valence-corrected chi connectivity index (χ0v) is 21.5. The molecule has 0 fully saturated rings. The molecule has 9 heteroatoms. The van der Waals surface area contributed by atoms with E-state index < -0.39 is 0 Å². The third-order valence-corrected chi connectivity index (χ3v) is 6.50. The van der Waals surface area contributed by atoms with Gasteiger partial charge < -0.3 is 4.74 Å². The van der Waals surface area contributed by atoms with Crippen LogP contribution in [0.2, 0.25) is 0 Å². The number of halogens is 1. The van der Waals surface area contributed by atoms with Crippen LogP contribution in [0, 0.1) is 13.8 Å². The van der Waals surface area contributed by atoms with Crippen LogP contribution in [-0.4, -0.2) is 24.5 Å². The number of nitrogens with zero attached hydrogens (tertiary/aromatic N) is 5.